The summed E-state index contributed by atoms with van der Waals surface area (Å²) in [6.45, 7) is 1.75. The van der Waals surface area contributed by atoms with E-state index >= 15 is 0 Å². The Balaban J connectivity index is 1.36. The zero-order chi connectivity index (χ0) is 18.1. The first-order chi connectivity index (χ1) is 13.3. The molecule has 0 radical (unpaired) electrons. The van der Waals surface area contributed by atoms with Gasteiger partial charge in [0.2, 0.25) is 0 Å². The Labute approximate surface area is 161 Å². The molecule has 3 aromatic heterocycles. The van der Waals surface area contributed by atoms with Gasteiger partial charge < -0.3 is 15.2 Å². The van der Waals surface area contributed by atoms with Gasteiger partial charge in [0.25, 0.3) is 0 Å². The second-order valence-electron chi connectivity index (χ2n) is 6.67. The van der Waals surface area contributed by atoms with Crippen LogP contribution in [0.1, 0.15) is 12.0 Å². The van der Waals surface area contributed by atoms with Crippen molar-refractivity contribution in [3.8, 4) is 0 Å². The third-order valence-electron chi connectivity index (χ3n) is 4.77. The van der Waals surface area contributed by atoms with E-state index in [-0.39, 0.29) is 0 Å². The maximum Gasteiger partial charge on any atom is 0.182 e. The van der Waals surface area contributed by atoms with E-state index in [4.69, 9.17) is 4.98 Å². The van der Waals surface area contributed by atoms with Crippen LogP contribution in [0, 0.1) is 0 Å². The Morgan fingerprint density at radius 3 is 3.07 bits per heavy atom. The molecule has 6 nitrogen and oxygen atoms in total. The molecule has 0 amide bonds. The molecule has 0 bridgehead atoms. The van der Waals surface area contributed by atoms with E-state index in [0.717, 1.165) is 35.1 Å². The highest BCUT2D eigenvalue weighted by molar-refractivity contribution is 7.99. The lowest BCUT2D eigenvalue weighted by Gasteiger charge is -2.27. The van der Waals surface area contributed by atoms with Gasteiger partial charge in [-0.2, -0.15) is 0 Å². The van der Waals surface area contributed by atoms with Crippen LogP contribution in [0.5, 0.6) is 0 Å². The third-order valence-corrected chi connectivity index (χ3v) is 5.84. The highest BCUT2D eigenvalue weighted by atomic mass is 32.2. The van der Waals surface area contributed by atoms with E-state index < -0.39 is 0 Å². The Hall–Kier alpha value is -2.80. The van der Waals surface area contributed by atoms with E-state index in [1.165, 1.54) is 23.1 Å². The number of fused-ring (bicyclic) bond motifs is 2. The number of anilines is 2. The molecule has 1 aromatic carbocycles. The number of H-pyrrole nitrogens is 1. The van der Waals surface area contributed by atoms with Gasteiger partial charge in [0.1, 0.15) is 17.2 Å². The van der Waals surface area contributed by atoms with Crippen molar-refractivity contribution in [1.82, 2.24) is 19.9 Å². The van der Waals surface area contributed by atoms with Gasteiger partial charge in [-0.1, -0.05) is 12.1 Å². The monoisotopic (exact) mass is 376 g/mol. The summed E-state index contributed by atoms with van der Waals surface area (Å²) < 4.78 is 0. The number of nitrogens with one attached hydrogen (secondary N) is 2. The molecule has 27 heavy (non-hydrogen) atoms. The van der Waals surface area contributed by atoms with E-state index in [1.54, 1.807) is 6.20 Å². The fraction of sp³-hybridized carbons (Fsp3) is 0.250. The maximum absolute atomic E-state index is 4.74. The fourth-order valence-corrected chi connectivity index (χ4v) is 4.27. The van der Waals surface area contributed by atoms with E-state index in [1.807, 2.05) is 30.1 Å². The first-order valence-electron chi connectivity index (χ1n) is 9.11. The molecule has 0 saturated carbocycles. The minimum absolute atomic E-state index is 0.688. The summed E-state index contributed by atoms with van der Waals surface area (Å²) in [6.07, 6.45) is 4.93. The number of pyridine rings is 1. The number of nitrogens with zero attached hydrogens (tertiary/aromatic N) is 4. The fourth-order valence-electron chi connectivity index (χ4n) is 3.32. The van der Waals surface area contributed by atoms with Crippen LogP contribution in [-0.4, -0.2) is 38.1 Å². The van der Waals surface area contributed by atoms with Gasteiger partial charge >= 0.3 is 0 Å². The third kappa shape index (κ3) is 3.42. The Morgan fingerprint density at radius 2 is 2.15 bits per heavy atom. The largest absolute Gasteiger partial charge is 0.365 e. The standard InChI is InChI=1S/C20H20N6S/c1-8-26(13-27-9-1)19-5-4-16-20(25-19)24-18(12-22-16)23-11-14-2-3-15-6-7-21-17(15)10-14/h2-7,10,12,21H,1,8-9,11,13H2,(H,23,24,25). The van der Waals surface area contributed by atoms with Crippen molar-refractivity contribution in [3.63, 3.8) is 0 Å². The van der Waals surface area contributed by atoms with Crippen LogP contribution in [-0.2, 0) is 6.54 Å². The molecular weight excluding hydrogens is 356 g/mol. The van der Waals surface area contributed by atoms with Crippen LogP contribution in [0.15, 0.2) is 48.8 Å². The summed E-state index contributed by atoms with van der Waals surface area (Å²) >= 11 is 1.95. The Bertz CT molecular complexity index is 1090. The number of hydrogen-bond acceptors (Lipinski definition) is 6. The zero-order valence-electron chi connectivity index (χ0n) is 14.9. The summed E-state index contributed by atoms with van der Waals surface area (Å²) in [4.78, 5) is 19.5. The quantitative estimate of drug-likeness (QED) is 0.561. The van der Waals surface area contributed by atoms with Gasteiger partial charge in [-0.3, -0.25) is 0 Å². The molecule has 1 aliphatic heterocycles. The molecule has 0 atom stereocenters. The average Bonchev–Trinajstić information content (AvgIpc) is 3.20. The van der Waals surface area contributed by atoms with Crippen LogP contribution in [0.4, 0.5) is 11.6 Å². The maximum atomic E-state index is 4.74. The van der Waals surface area contributed by atoms with Crippen LogP contribution < -0.4 is 10.2 Å². The van der Waals surface area contributed by atoms with Gasteiger partial charge in [0.05, 0.1) is 12.1 Å². The van der Waals surface area contributed by atoms with Crippen molar-refractivity contribution in [2.24, 2.45) is 0 Å². The van der Waals surface area contributed by atoms with Crippen LogP contribution >= 0.6 is 11.8 Å². The topological polar surface area (TPSA) is 69.7 Å². The number of thioether (sulfide) groups is 1. The van der Waals surface area contributed by atoms with Crippen LogP contribution in [0.2, 0.25) is 0 Å². The Kier molecular flexibility index (Phi) is 4.29. The van der Waals surface area contributed by atoms with Gasteiger partial charge in [-0.05, 0) is 47.4 Å². The number of rotatable bonds is 4. The van der Waals surface area contributed by atoms with Gasteiger partial charge in [0.15, 0.2) is 5.65 Å². The minimum atomic E-state index is 0.688. The second kappa shape index (κ2) is 7.08. The normalized spacial score (nSPS) is 14.7. The lowest BCUT2D eigenvalue weighted by atomic mass is 10.1. The van der Waals surface area contributed by atoms with Crippen molar-refractivity contribution < 1.29 is 0 Å². The first kappa shape index (κ1) is 16.4. The molecule has 0 unspecified atom stereocenters. The lowest BCUT2D eigenvalue weighted by molar-refractivity contribution is 0.811. The number of hydrogen-bond donors (Lipinski definition) is 2. The molecule has 0 spiro atoms. The second-order valence-corrected chi connectivity index (χ2v) is 7.75. The minimum Gasteiger partial charge on any atom is -0.365 e. The summed E-state index contributed by atoms with van der Waals surface area (Å²) in [6, 6.07) is 12.5. The SMILES string of the molecule is c1cc2ccc(CNc3cnc4ccc(N5CCCSC5)nc4n3)cc2[nH]1. The van der Waals surface area contributed by atoms with Crippen LogP contribution in [0.25, 0.3) is 22.1 Å². The van der Waals surface area contributed by atoms with E-state index in [9.17, 15) is 0 Å². The molecular formula is C20H20N6S. The van der Waals surface area contributed by atoms with Crippen molar-refractivity contribution in [3.05, 3.63) is 54.4 Å². The molecule has 7 heteroatoms. The highest BCUT2D eigenvalue weighted by Gasteiger charge is 2.13. The molecule has 2 N–H and O–H groups in total. The van der Waals surface area contributed by atoms with Gasteiger partial charge in [0, 0.05) is 24.8 Å². The van der Waals surface area contributed by atoms with E-state index in [2.05, 4.69) is 49.4 Å². The number of benzene rings is 1. The van der Waals surface area contributed by atoms with Crippen molar-refractivity contribution in [1.29, 1.82) is 0 Å². The molecule has 136 valence electrons. The lowest BCUT2D eigenvalue weighted by Crippen LogP contribution is -2.29. The van der Waals surface area contributed by atoms with Gasteiger partial charge in [-0.15, -0.1) is 11.8 Å². The summed E-state index contributed by atoms with van der Waals surface area (Å²) in [5.74, 6) is 3.95. The molecule has 1 aliphatic rings. The van der Waals surface area contributed by atoms with Crippen molar-refractivity contribution in [2.75, 3.05) is 28.4 Å². The zero-order valence-corrected chi connectivity index (χ0v) is 15.7. The summed E-state index contributed by atoms with van der Waals surface area (Å²) in [5.41, 5.74) is 3.85. The molecule has 1 fully saturated rings. The smallest absolute Gasteiger partial charge is 0.182 e. The van der Waals surface area contributed by atoms with Crippen molar-refractivity contribution in [2.45, 2.75) is 13.0 Å². The van der Waals surface area contributed by atoms with Gasteiger partial charge in [-0.25, -0.2) is 15.0 Å². The summed E-state index contributed by atoms with van der Waals surface area (Å²) in [5, 5.41) is 4.58. The Morgan fingerprint density at radius 1 is 1.15 bits per heavy atom. The number of aromatic nitrogens is 4. The first-order valence-corrected chi connectivity index (χ1v) is 10.3. The highest BCUT2D eigenvalue weighted by Crippen LogP contribution is 2.22. The average molecular weight is 376 g/mol. The molecule has 0 aliphatic carbocycles. The predicted octanol–water partition coefficient (Wildman–Crippen LogP) is 4.02. The summed E-state index contributed by atoms with van der Waals surface area (Å²) in [7, 11) is 0. The molecule has 5 rings (SSSR count). The van der Waals surface area contributed by atoms with Crippen molar-refractivity contribution >= 4 is 45.5 Å². The number of aromatic amines is 1. The molecule has 1 saturated heterocycles. The predicted molar refractivity (Wildman–Crippen MR) is 112 cm³/mol. The van der Waals surface area contributed by atoms with E-state index in [0.29, 0.717) is 12.2 Å². The molecule has 4 heterocycles. The molecule has 4 aromatic rings. The van der Waals surface area contributed by atoms with Crippen LogP contribution in [0.3, 0.4) is 0 Å².